The molecular weight excluding hydrogens is 458 g/mol. The summed E-state index contributed by atoms with van der Waals surface area (Å²) in [5.41, 5.74) is 0.667. The molecule has 204 valence electrons. The van der Waals surface area contributed by atoms with Crippen molar-refractivity contribution in [2.45, 2.75) is 71.9 Å². The second-order valence-corrected chi connectivity index (χ2v) is 10.5. The van der Waals surface area contributed by atoms with Crippen molar-refractivity contribution < 1.29 is 19.1 Å². The largest absolute Gasteiger partial charge is 0.385 e. The molecule has 0 saturated carbocycles. The first kappa shape index (κ1) is 28.6. The molecule has 36 heavy (non-hydrogen) atoms. The van der Waals surface area contributed by atoms with Crippen LogP contribution in [0.1, 0.15) is 69.2 Å². The molecule has 0 unspecified atom stereocenters. The van der Waals surface area contributed by atoms with Gasteiger partial charge in [0.05, 0.1) is 25.3 Å². The molecule has 2 amide bonds. The average molecular weight is 506 g/mol. The zero-order chi connectivity index (χ0) is 25.9. The van der Waals surface area contributed by atoms with Crippen molar-refractivity contribution in [1.82, 2.24) is 24.7 Å². The number of carbonyl (C=O) groups is 2. The maximum Gasteiger partial charge on any atom is 0.272 e. The minimum atomic E-state index is -0.122. The van der Waals surface area contributed by atoms with E-state index in [0.29, 0.717) is 70.6 Å². The van der Waals surface area contributed by atoms with Crippen LogP contribution in [-0.4, -0.2) is 96.9 Å². The molecule has 0 radical (unpaired) electrons. The Morgan fingerprint density at radius 3 is 2.69 bits per heavy atom. The van der Waals surface area contributed by atoms with E-state index in [0.717, 1.165) is 44.5 Å². The Morgan fingerprint density at radius 2 is 2.00 bits per heavy atom. The molecule has 3 heterocycles. The van der Waals surface area contributed by atoms with E-state index in [2.05, 4.69) is 35.6 Å². The molecule has 3 rings (SSSR count). The summed E-state index contributed by atoms with van der Waals surface area (Å²) in [4.78, 5) is 35.9. The number of methoxy groups -OCH3 is 1. The van der Waals surface area contributed by atoms with Crippen molar-refractivity contribution in [3.8, 4) is 0 Å². The molecular formula is C27H47N5O4. The lowest BCUT2D eigenvalue weighted by Gasteiger charge is -2.40. The minimum absolute atomic E-state index is 0.0250. The topological polar surface area (TPSA) is 88.9 Å². The highest BCUT2D eigenvalue weighted by Gasteiger charge is 2.36. The second-order valence-electron chi connectivity index (χ2n) is 10.5. The molecule has 1 aromatic heterocycles. The van der Waals surface area contributed by atoms with Gasteiger partial charge in [-0.25, -0.2) is 4.98 Å². The van der Waals surface area contributed by atoms with Gasteiger partial charge in [-0.05, 0) is 31.6 Å². The van der Waals surface area contributed by atoms with Crippen molar-refractivity contribution in [2.24, 2.45) is 11.8 Å². The molecule has 0 aromatic carbocycles. The van der Waals surface area contributed by atoms with E-state index in [4.69, 9.17) is 9.47 Å². The second kappa shape index (κ2) is 14.7. The average Bonchev–Trinajstić information content (AvgIpc) is 3.30. The Balaban J connectivity index is 1.78. The summed E-state index contributed by atoms with van der Waals surface area (Å²) in [6.45, 7) is 12.5. The number of piperidine rings is 1. The highest BCUT2D eigenvalue weighted by Crippen LogP contribution is 2.23. The van der Waals surface area contributed by atoms with Crippen LogP contribution in [-0.2, 0) is 27.2 Å². The van der Waals surface area contributed by atoms with Gasteiger partial charge >= 0.3 is 0 Å². The molecule has 0 aliphatic carbocycles. The summed E-state index contributed by atoms with van der Waals surface area (Å²) in [5, 5.41) is 3.45. The SMILES string of the molecule is CCCCc1ncc(C(=O)N(CC(C)C)[C@@H]2CNC[C@H](C(=O)N3CCOCC3)C2)n1CCCCOC. The molecule has 0 bridgehead atoms. The lowest BCUT2D eigenvalue weighted by molar-refractivity contribution is -0.140. The zero-order valence-electron chi connectivity index (χ0n) is 22.8. The summed E-state index contributed by atoms with van der Waals surface area (Å²) in [7, 11) is 1.72. The molecule has 1 N–H and O–H groups in total. The van der Waals surface area contributed by atoms with Crippen LogP contribution in [0.2, 0.25) is 0 Å². The van der Waals surface area contributed by atoms with Gasteiger partial charge in [-0.2, -0.15) is 0 Å². The van der Waals surface area contributed by atoms with Gasteiger partial charge in [0.15, 0.2) is 0 Å². The fourth-order valence-electron chi connectivity index (χ4n) is 5.21. The van der Waals surface area contributed by atoms with Gasteiger partial charge < -0.3 is 29.2 Å². The highest BCUT2D eigenvalue weighted by molar-refractivity contribution is 5.93. The van der Waals surface area contributed by atoms with Crippen LogP contribution in [0.3, 0.4) is 0 Å². The number of nitrogens with one attached hydrogen (secondary N) is 1. The number of aromatic nitrogens is 2. The predicted octanol–water partition coefficient (Wildman–Crippen LogP) is 2.59. The first-order valence-electron chi connectivity index (χ1n) is 13.9. The quantitative estimate of drug-likeness (QED) is 0.415. The van der Waals surface area contributed by atoms with E-state index >= 15 is 0 Å². The third-order valence-corrected chi connectivity index (χ3v) is 7.15. The third-order valence-electron chi connectivity index (χ3n) is 7.15. The van der Waals surface area contributed by atoms with Gasteiger partial charge in [-0.3, -0.25) is 9.59 Å². The Labute approximate surface area is 216 Å². The molecule has 2 fully saturated rings. The molecule has 2 aliphatic heterocycles. The van der Waals surface area contributed by atoms with Crippen LogP contribution in [0.5, 0.6) is 0 Å². The number of ether oxygens (including phenoxy) is 2. The van der Waals surface area contributed by atoms with Crippen LogP contribution in [0, 0.1) is 11.8 Å². The highest BCUT2D eigenvalue weighted by atomic mass is 16.5. The number of aryl methyl sites for hydroxylation is 1. The lowest BCUT2D eigenvalue weighted by atomic mass is 9.92. The molecule has 2 atom stereocenters. The predicted molar refractivity (Wildman–Crippen MR) is 140 cm³/mol. The number of imidazole rings is 1. The smallest absolute Gasteiger partial charge is 0.272 e. The molecule has 9 nitrogen and oxygen atoms in total. The van der Waals surface area contributed by atoms with E-state index in [1.165, 1.54) is 0 Å². The number of carbonyl (C=O) groups excluding carboxylic acids is 2. The summed E-state index contributed by atoms with van der Waals surface area (Å²) in [5.74, 6) is 1.39. The van der Waals surface area contributed by atoms with Crippen molar-refractivity contribution in [3.05, 3.63) is 17.7 Å². The Kier molecular flexibility index (Phi) is 11.7. The Morgan fingerprint density at radius 1 is 1.22 bits per heavy atom. The molecule has 9 heteroatoms. The summed E-state index contributed by atoms with van der Waals surface area (Å²) >= 11 is 0. The van der Waals surface area contributed by atoms with Gasteiger partial charge in [0, 0.05) is 65.4 Å². The standard InChI is InChI=1S/C27H47N5O4/c1-5-6-9-25-29-19-24(31(25)10-7-8-13-35-4)27(34)32(20-21(2)3)23-16-22(17-28-18-23)26(33)30-11-14-36-15-12-30/h19,21-23,28H,5-18,20H2,1-4H3/t22-,23+/m1/s1. The normalized spacial score (nSPS) is 20.6. The number of nitrogens with zero attached hydrogens (tertiary/aromatic N) is 4. The first-order chi connectivity index (χ1) is 17.5. The van der Waals surface area contributed by atoms with Crippen molar-refractivity contribution in [2.75, 3.05) is 59.7 Å². The minimum Gasteiger partial charge on any atom is -0.385 e. The summed E-state index contributed by atoms with van der Waals surface area (Å²) in [6, 6.07) is -0.0282. The van der Waals surface area contributed by atoms with Crippen LogP contribution in [0.4, 0.5) is 0 Å². The fraction of sp³-hybridized carbons (Fsp3) is 0.815. The Bertz CT molecular complexity index is 821. The van der Waals surface area contributed by atoms with E-state index in [-0.39, 0.29) is 23.8 Å². The van der Waals surface area contributed by atoms with Crippen LogP contribution in [0.25, 0.3) is 0 Å². The monoisotopic (exact) mass is 505 g/mol. The maximum absolute atomic E-state index is 14.1. The van der Waals surface area contributed by atoms with Gasteiger partial charge in [0.1, 0.15) is 11.5 Å². The van der Waals surface area contributed by atoms with Crippen LogP contribution >= 0.6 is 0 Å². The molecule has 2 aliphatic rings. The number of hydrogen-bond acceptors (Lipinski definition) is 6. The molecule has 0 spiro atoms. The lowest BCUT2D eigenvalue weighted by Crippen LogP contribution is -2.56. The number of unbranched alkanes of at least 4 members (excludes halogenated alkanes) is 2. The van der Waals surface area contributed by atoms with Gasteiger partial charge in [-0.1, -0.05) is 27.2 Å². The van der Waals surface area contributed by atoms with E-state index in [9.17, 15) is 9.59 Å². The summed E-state index contributed by atoms with van der Waals surface area (Å²) in [6.07, 6.45) is 7.36. The van der Waals surface area contributed by atoms with Gasteiger partial charge in [0.2, 0.25) is 5.91 Å². The molecule has 1 aromatic rings. The number of amides is 2. The number of hydrogen-bond donors (Lipinski definition) is 1. The number of morpholine rings is 1. The number of rotatable bonds is 13. The first-order valence-corrected chi connectivity index (χ1v) is 13.9. The third kappa shape index (κ3) is 7.76. The van der Waals surface area contributed by atoms with E-state index in [1.54, 1.807) is 13.3 Å². The van der Waals surface area contributed by atoms with Gasteiger partial charge in [0.25, 0.3) is 5.91 Å². The van der Waals surface area contributed by atoms with Crippen molar-refractivity contribution >= 4 is 11.8 Å². The van der Waals surface area contributed by atoms with E-state index in [1.807, 2.05) is 9.80 Å². The Hall–Kier alpha value is -1.97. The fourth-order valence-corrected chi connectivity index (χ4v) is 5.21. The van der Waals surface area contributed by atoms with Gasteiger partial charge in [-0.15, -0.1) is 0 Å². The van der Waals surface area contributed by atoms with E-state index < -0.39 is 0 Å². The van der Waals surface area contributed by atoms with Crippen LogP contribution < -0.4 is 5.32 Å². The van der Waals surface area contributed by atoms with Crippen molar-refractivity contribution in [1.29, 1.82) is 0 Å². The molecule has 2 saturated heterocycles. The summed E-state index contributed by atoms with van der Waals surface area (Å²) < 4.78 is 12.8. The zero-order valence-corrected chi connectivity index (χ0v) is 22.8. The van der Waals surface area contributed by atoms with Crippen LogP contribution in [0.15, 0.2) is 6.20 Å². The van der Waals surface area contributed by atoms with Crippen molar-refractivity contribution in [3.63, 3.8) is 0 Å². The maximum atomic E-state index is 14.1.